The van der Waals surface area contributed by atoms with E-state index < -0.39 is 5.97 Å². The third-order valence-corrected chi connectivity index (χ3v) is 5.75. The fourth-order valence-corrected chi connectivity index (χ4v) is 4.19. The van der Waals surface area contributed by atoms with Gasteiger partial charge in [-0.05, 0) is 29.9 Å². The van der Waals surface area contributed by atoms with E-state index in [2.05, 4.69) is 0 Å². The second-order valence-electron chi connectivity index (χ2n) is 6.52. The predicted molar refractivity (Wildman–Crippen MR) is 102 cm³/mol. The maximum atomic E-state index is 13.0. The molecule has 1 aromatic carbocycles. The van der Waals surface area contributed by atoms with Gasteiger partial charge >= 0.3 is 5.97 Å². The van der Waals surface area contributed by atoms with Crippen molar-refractivity contribution in [2.45, 2.75) is 19.4 Å². The lowest BCUT2D eigenvalue weighted by atomic mass is 9.97. The fourth-order valence-electron chi connectivity index (χ4n) is 3.41. The Morgan fingerprint density at radius 3 is 2.62 bits per heavy atom. The maximum Gasteiger partial charge on any atom is 0.306 e. The number of hydrogen-bond acceptors (Lipinski definition) is 5. The van der Waals surface area contributed by atoms with E-state index in [0.29, 0.717) is 48.6 Å². The highest BCUT2D eigenvalue weighted by Gasteiger charge is 2.27. The lowest BCUT2D eigenvalue weighted by Gasteiger charge is -2.32. The van der Waals surface area contributed by atoms with E-state index >= 15 is 0 Å². The van der Waals surface area contributed by atoms with Gasteiger partial charge in [-0.1, -0.05) is 30.3 Å². The van der Waals surface area contributed by atoms with Gasteiger partial charge in [0.2, 0.25) is 5.95 Å². The number of aromatic nitrogens is 2. The van der Waals surface area contributed by atoms with Gasteiger partial charge in [0.1, 0.15) is 4.70 Å². The summed E-state index contributed by atoms with van der Waals surface area (Å²) >= 11 is 1.41. The molecule has 0 amide bonds. The largest absolute Gasteiger partial charge is 0.481 e. The minimum atomic E-state index is -0.743. The summed E-state index contributed by atoms with van der Waals surface area (Å²) in [4.78, 5) is 31.0. The van der Waals surface area contributed by atoms with Crippen LogP contribution in [-0.4, -0.2) is 33.7 Å². The maximum absolute atomic E-state index is 13.0. The molecule has 0 unspecified atom stereocenters. The van der Waals surface area contributed by atoms with Gasteiger partial charge in [0.05, 0.1) is 18.0 Å². The summed E-state index contributed by atoms with van der Waals surface area (Å²) in [7, 11) is 0. The molecule has 0 spiro atoms. The summed E-state index contributed by atoms with van der Waals surface area (Å²) in [6.45, 7) is 1.64. The minimum absolute atomic E-state index is 0.0378. The zero-order valence-electron chi connectivity index (χ0n) is 14.2. The molecule has 4 rings (SSSR count). The number of carbonyl (C=O) groups is 1. The molecule has 1 aliphatic rings. The number of nitrogens with zero attached hydrogens (tertiary/aromatic N) is 3. The molecule has 1 saturated heterocycles. The normalized spacial score (nSPS) is 15.5. The fraction of sp³-hybridized carbons (Fsp3) is 0.316. The van der Waals surface area contributed by atoms with Crippen LogP contribution < -0.4 is 10.5 Å². The van der Waals surface area contributed by atoms with Crippen molar-refractivity contribution in [1.29, 1.82) is 0 Å². The first-order valence-corrected chi connectivity index (χ1v) is 9.51. The van der Waals surface area contributed by atoms with Gasteiger partial charge in [0, 0.05) is 13.1 Å². The van der Waals surface area contributed by atoms with Crippen LogP contribution in [0.2, 0.25) is 0 Å². The standard InChI is InChI=1S/C19H19N3O3S/c23-17-16-15(8-11-26-16)20-19(21-9-6-14(7-10-21)18(24)25)22(17)12-13-4-2-1-3-5-13/h1-5,8,11,14H,6-7,9-10,12H2,(H,24,25). The van der Waals surface area contributed by atoms with Crippen LogP contribution in [0.1, 0.15) is 18.4 Å². The molecular formula is C19H19N3O3S. The van der Waals surface area contributed by atoms with Gasteiger partial charge in [-0.3, -0.25) is 14.2 Å². The number of carboxylic acids is 1. The van der Waals surface area contributed by atoms with E-state index in [1.165, 1.54) is 11.3 Å². The van der Waals surface area contributed by atoms with Crippen LogP contribution in [0.4, 0.5) is 5.95 Å². The van der Waals surface area contributed by atoms with Gasteiger partial charge in [-0.2, -0.15) is 0 Å². The second kappa shape index (κ2) is 6.92. The van der Waals surface area contributed by atoms with E-state index in [4.69, 9.17) is 4.98 Å². The molecule has 3 heterocycles. The van der Waals surface area contributed by atoms with E-state index in [0.717, 1.165) is 5.56 Å². The second-order valence-corrected chi connectivity index (χ2v) is 7.44. The lowest BCUT2D eigenvalue weighted by molar-refractivity contribution is -0.142. The predicted octanol–water partition coefficient (Wildman–Crippen LogP) is 2.81. The molecule has 0 radical (unpaired) electrons. The zero-order chi connectivity index (χ0) is 18.1. The van der Waals surface area contributed by atoms with Crippen molar-refractivity contribution in [2.24, 2.45) is 5.92 Å². The molecular weight excluding hydrogens is 350 g/mol. The van der Waals surface area contributed by atoms with Crippen LogP contribution in [0.25, 0.3) is 10.2 Å². The first-order chi connectivity index (χ1) is 12.6. The molecule has 6 nitrogen and oxygen atoms in total. The van der Waals surface area contributed by atoms with Crippen LogP contribution in [0, 0.1) is 5.92 Å². The highest BCUT2D eigenvalue weighted by atomic mass is 32.1. The molecule has 0 bridgehead atoms. The van der Waals surface area contributed by atoms with Crippen molar-refractivity contribution in [3.63, 3.8) is 0 Å². The lowest BCUT2D eigenvalue weighted by Crippen LogP contribution is -2.40. The van der Waals surface area contributed by atoms with Gasteiger partial charge < -0.3 is 10.0 Å². The Bertz CT molecular complexity index is 988. The summed E-state index contributed by atoms with van der Waals surface area (Å²) in [5.41, 5.74) is 1.71. The molecule has 3 aromatic rings. The van der Waals surface area contributed by atoms with E-state index in [9.17, 15) is 14.7 Å². The number of thiophene rings is 1. The van der Waals surface area contributed by atoms with Crippen LogP contribution in [0.5, 0.6) is 0 Å². The smallest absolute Gasteiger partial charge is 0.306 e. The molecule has 134 valence electrons. The number of rotatable bonds is 4. The number of fused-ring (bicyclic) bond motifs is 1. The molecule has 2 aromatic heterocycles. The summed E-state index contributed by atoms with van der Waals surface area (Å²) in [6, 6.07) is 11.7. The molecule has 7 heteroatoms. The quantitative estimate of drug-likeness (QED) is 0.765. The Labute approximate surface area is 154 Å². The van der Waals surface area contributed by atoms with Crippen LogP contribution in [-0.2, 0) is 11.3 Å². The summed E-state index contributed by atoms with van der Waals surface area (Å²) in [5, 5.41) is 11.1. The summed E-state index contributed by atoms with van der Waals surface area (Å²) in [5.74, 6) is -0.424. The molecule has 1 fully saturated rings. The van der Waals surface area contributed by atoms with Gasteiger partial charge in [0.25, 0.3) is 5.56 Å². The summed E-state index contributed by atoms with van der Waals surface area (Å²) in [6.07, 6.45) is 1.14. The van der Waals surface area contributed by atoms with Gasteiger partial charge in [0.15, 0.2) is 0 Å². The van der Waals surface area contributed by atoms with Crippen molar-refractivity contribution in [3.05, 3.63) is 57.7 Å². The third-order valence-electron chi connectivity index (χ3n) is 4.86. The number of carboxylic acid groups (broad SMARTS) is 1. The first-order valence-electron chi connectivity index (χ1n) is 8.63. The van der Waals surface area contributed by atoms with Crippen molar-refractivity contribution < 1.29 is 9.90 Å². The van der Waals surface area contributed by atoms with Crippen molar-refractivity contribution in [1.82, 2.24) is 9.55 Å². The van der Waals surface area contributed by atoms with E-state index in [1.54, 1.807) is 4.57 Å². The summed E-state index contributed by atoms with van der Waals surface area (Å²) < 4.78 is 2.38. The number of benzene rings is 1. The Morgan fingerprint density at radius 2 is 1.92 bits per heavy atom. The number of aliphatic carboxylic acids is 1. The number of anilines is 1. The van der Waals surface area contributed by atoms with Crippen molar-refractivity contribution in [3.8, 4) is 0 Å². The van der Waals surface area contributed by atoms with Crippen molar-refractivity contribution in [2.75, 3.05) is 18.0 Å². The van der Waals surface area contributed by atoms with Crippen LogP contribution in [0.3, 0.4) is 0 Å². The Balaban J connectivity index is 1.74. The number of hydrogen-bond donors (Lipinski definition) is 1. The Morgan fingerprint density at radius 1 is 1.19 bits per heavy atom. The van der Waals surface area contributed by atoms with Gasteiger partial charge in [-0.15, -0.1) is 11.3 Å². The Hall–Kier alpha value is -2.67. The zero-order valence-corrected chi connectivity index (χ0v) is 15.0. The first kappa shape index (κ1) is 16.8. The van der Waals surface area contributed by atoms with E-state index in [1.807, 2.05) is 46.7 Å². The number of piperidine rings is 1. The molecule has 0 saturated carbocycles. The topological polar surface area (TPSA) is 75.4 Å². The van der Waals surface area contributed by atoms with Gasteiger partial charge in [-0.25, -0.2) is 4.98 Å². The van der Waals surface area contributed by atoms with Crippen molar-refractivity contribution >= 4 is 33.5 Å². The highest BCUT2D eigenvalue weighted by Crippen LogP contribution is 2.25. The third kappa shape index (κ3) is 3.10. The molecule has 0 atom stereocenters. The molecule has 1 N–H and O–H groups in total. The monoisotopic (exact) mass is 369 g/mol. The minimum Gasteiger partial charge on any atom is -0.481 e. The Kier molecular flexibility index (Phi) is 4.46. The SMILES string of the molecule is O=C(O)C1CCN(c2nc3ccsc3c(=O)n2Cc2ccccc2)CC1. The van der Waals surface area contributed by atoms with Crippen LogP contribution in [0.15, 0.2) is 46.6 Å². The molecule has 0 aliphatic carbocycles. The molecule has 26 heavy (non-hydrogen) atoms. The average Bonchev–Trinajstić information content (AvgIpc) is 3.14. The van der Waals surface area contributed by atoms with Crippen LogP contribution >= 0.6 is 11.3 Å². The highest BCUT2D eigenvalue weighted by molar-refractivity contribution is 7.17. The van der Waals surface area contributed by atoms with E-state index in [-0.39, 0.29) is 11.5 Å². The molecule has 1 aliphatic heterocycles. The average molecular weight is 369 g/mol.